The van der Waals surface area contributed by atoms with E-state index >= 15 is 0 Å². The Balaban J connectivity index is 1.46. The van der Waals surface area contributed by atoms with Crippen molar-refractivity contribution in [3.05, 3.63) is 35.9 Å². The molecule has 25 heavy (non-hydrogen) atoms. The molecule has 1 amide bonds. The quantitative estimate of drug-likeness (QED) is 0.845. The summed E-state index contributed by atoms with van der Waals surface area (Å²) in [5.74, 6) is 0.202. The van der Waals surface area contributed by atoms with Gasteiger partial charge in [-0.15, -0.1) is 0 Å². The van der Waals surface area contributed by atoms with E-state index in [1.165, 1.54) is 0 Å². The van der Waals surface area contributed by atoms with Gasteiger partial charge in [0.2, 0.25) is 5.91 Å². The molecule has 3 rings (SSSR count). The first kappa shape index (κ1) is 18.3. The minimum Gasteiger partial charge on any atom is -0.387 e. The second-order valence-corrected chi connectivity index (χ2v) is 7.00. The van der Waals surface area contributed by atoms with Crippen molar-refractivity contribution in [3.8, 4) is 0 Å². The average Bonchev–Trinajstić information content (AvgIpc) is 2.65. The third-order valence-electron chi connectivity index (χ3n) is 5.16. The van der Waals surface area contributed by atoms with Gasteiger partial charge in [-0.25, -0.2) is 0 Å². The van der Waals surface area contributed by atoms with Gasteiger partial charge in [0.25, 0.3) is 0 Å². The van der Waals surface area contributed by atoms with Crippen LogP contribution in [0.5, 0.6) is 0 Å². The van der Waals surface area contributed by atoms with E-state index in [-0.39, 0.29) is 5.91 Å². The number of morpholine rings is 1. The fraction of sp³-hybridized carbons (Fsp3) is 0.632. The number of aliphatic hydroxyl groups is 1. The van der Waals surface area contributed by atoms with Gasteiger partial charge in [-0.2, -0.15) is 0 Å². The van der Waals surface area contributed by atoms with Crippen LogP contribution in [0.2, 0.25) is 0 Å². The molecule has 2 heterocycles. The molecule has 2 atom stereocenters. The summed E-state index contributed by atoms with van der Waals surface area (Å²) in [6.45, 7) is 8.59. The molecule has 0 aromatic heterocycles. The van der Waals surface area contributed by atoms with Crippen LogP contribution >= 0.6 is 0 Å². The van der Waals surface area contributed by atoms with Crippen LogP contribution in [0, 0.1) is 0 Å². The first-order valence-electron chi connectivity index (χ1n) is 9.18. The lowest BCUT2D eigenvalue weighted by Gasteiger charge is -2.41. The molecule has 1 N–H and O–H groups in total. The summed E-state index contributed by atoms with van der Waals surface area (Å²) >= 11 is 0. The summed E-state index contributed by atoms with van der Waals surface area (Å²) in [4.78, 5) is 18.8. The molecule has 6 nitrogen and oxygen atoms in total. The number of amides is 1. The highest BCUT2D eigenvalue weighted by Crippen LogP contribution is 2.18. The van der Waals surface area contributed by atoms with Crippen LogP contribution < -0.4 is 0 Å². The maximum Gasteiger partial charge on any atom is 0.236 e. The van der Waals surface area contributed by atoms with Gasteiger partial charge in [-0.1, -0.05) is 30.3 Å². The Labute approximate surface area is 150 Å². The van der Waals surface area contributed by atoms with Gasteiger partial charge < -0.3 is 14.7 Å². The maximum atomic E-state index is 12.4. The molecule has 0 radical (unpaired) electrons. The van der Waals surface area contributed by atoms with E-state index in [4.69, 9.17) is 4.74 Å². The fourth-order valence-corrected chi connectivity index (χ4v) is 3.59. The van der Waals surface area contributed by atoms with Gasteiger partial charge in [0.05, 0.1) is 25.9 Å². The first-order chi connectivity index (χ1) is 12.1. The van der Waals surface area contributed by atoms with Crippen molar-refractivity contribution in [1.29, 1.82) is 0 Å². The zero-order valence-electron chi connectivity index (χ0n) is 15.0. The largest absolute Gasteiger partial charge is 0.387 e. The molecule has 2 aliphatic heterocycles. The molecule has 2 aliphatic rings. The molecule has 0 unspecified atom stereocenters. The lowest BCUT2D eigenvalue weighted by Crippen LogP contribution is -2.55. The Kier molecular flexibility index (Phi) is 6.42. The minimum atomic E-state index is -0.467. The third-order valence-corrected chi connectivity index (χ3v) is 5.16. The highest BCUT2D eigenvalue weighted by molar-refractivity contribution is 5.78. The second kappa shape index (κ2) is 8.76. The van der Waals surface area contributed by atoms with E-state index in [0.717, 1.165) is 25.2 Å². The molecule has 2 fully saturated rings. The topological polar surface area (TPSA) is 56.2 Å². The first-order valence-corrected chi connectivity index (χ1v) is 9.18. The summed E-state index contributed by atoms with van der Waals surface area (Å²) in [6.07, 6.45) is -0.467. The number of hydrogen-bond acceptors (Lipinski definition) is 5. The summed E-state index contributed by atoms with van der Waals surface area (Å²) in [5, 5.41) is 10.4. The number of aliphatic hydroxyl groups excluding tert-OH is 1. The Bertz CT molecular complexity index is 548. The van der Waals surface area contributed by atoms with Crippen molar-refractivity contribution >= 4 is 5.91 Å². The molecule has 6 heteroatoms. The molecular weight excluding hydrogens is 318 g/mol. The third kappa shape index (κ3) is 5.01. The van der Waals surface area contributed by atoms with Crippen molar-refractivity contribution in [1.82, 2.24) is 14.7 Å². The monoisotopic (exact) mass is 347 g/mol. The number of benzene rings is 1. The lowest BCUT2D eigenvalue weighted by atomic mass is 10.1. The van der Waals surface area contributed by atoms with E-state index in [1.807, 2.05) is 35.2 Å². The Morgan fingerprint density at radius 1 is 1.20 bits per heavy atom. The van der Waals surface area contributed by atoms with Crippen molar-refractivity contribution in [3.63, 3.8) is 0 Å². The normalized spacial score (nSPS) is 24.2. The molecular formula is C19H29N3O3. The average molecular weight is 347 g/mol. The van der Waals surface area contributed by atoms with Crippen molar-refractivity contribution in [2.75, 3.05) is 59.0 Å². The van der Waals surface area contributed by atoms with Gasteiger partial charge in [-0.05, 0) is 12.5 Å². The second-order valence-electron chi connectivity index (χ2n) is 7.00. The van der Waals surface area contributed by atoms with E-state index in [2.05, 4.69) is 16.7 Å². The molecule has 0 saturated carbocycles. The molecule has 0 spiro atoms. The van der Waals surface area contributed by atoms with E-state index in [1.54, 1.807) is 0 Å². The number of nitrogens with zero attached hydrogens (tertiary/aromatic N) is 3. The number of rotatable bonds is 5. The van der Waals surface area contributed by atoms with Gasteiger partial charge >= 0.3 is 0 Å². The van der Waals surface area contributed by atoms with E-state index < -0.39 is 6.10 Å². The summed E-state index contributed by atoms with van der Waals surface area (Å²) in [7, 11) is 0. The smallest absolute Gasteiger partial charge is 0.236 e. The molecule has 0 bridgehead atoms. The summed E-state index contributed by atoms with van der Waals surface area (Å²) < 4.78 is 5.31. The van der Waals surface area contributed by atoms with Gasteiger partial charge in [0.1, 0.15) is 0 Å². The highest BCUT2D eigenvalue weighted by Gasteiger charge is 2.28. The van der Waals surface area contributed by atoms with Crippen molar-refractivity contribution < 1.29 is 14.6 Å². The van der Waals surface area contributed by atoms with Crippen LogP contribution in [0.1, 0.15) is 18.6 Å². The summed E-state index contributed by atoms with van der Waals surface area (Å²) in [6, 6.07) is 10.1. The van der Waals surface area contributed by atoms with Gasteiger partial charge in [0.15, 0.2) is 0 Å². The minimum absolute atomic E-state index is 0.202. The number of carbonyl (C=O) groups excluding carboxylic acids is 1. The van der Waals surface area contributed by atoms with Gasteiger partial charge in [0, 0.05) is 45.3 Å². The van der Waals surface area contributed by atoms with Crippen LogP contribution in [0.15, 0.2) is 30.3 Å². The van der Waals surface area contributed by atoms with E-state index in [0.29, 0.717) is 45.4 Å². The number of ether oxygens (including phenoxy) is 1. The molecule has 138 valence electrons. The molecule has 1 aromatic carbocycles. The van der Waals surface area contributed by atoms with Crippen molar-refractivity contribution in [2.24, 2.45) is 0 Å². The van der Waals surface area contributed by atoms with Crippen molar-refractivity contribution in [2.45, 2.75) is 19.1 Å². The predicted molar refractivity (Wildman–Crippen MR) is 96.3 cm³/mol. The molecule has 2 saturated heterocycles. The van der Waals surface area contributed by atoms with Crippen LogP contribution in [0.4, 0.5) is 0 Å². The number of β-amino-alcohol motifs (C(OH)–C–C–N with tert-alkyl or cyclic N) is 1. The number of carbonyl (C=O) groups is 1. The zero-order chi connectivity index (χ0) is 17.6. The van der Waals surface area contributed by atoms with Gasteiger partial charge in [-0.3, -0.25) is 14.6 Å². The zero-order valence-corrected chi connectivity index (χ0v) is 15.0. The SMILES string of the molecule is C[C@@H]1CN(CC(=O)N2CCOCC2)CCN1C[C@@H](O)c1ccccc1. The van der Waals surface area contributed by atoms with E-state index in [9.17, 15) is 9.90 Å². The lowest BCUT2D eigenvalue weighted by molar-refractivity contribution is -0.137. The molecule has 1 aromatic rings. The fourth-order valence-electron chi connectivity index (χ4n) is 3.59. The number of piperazine rings is 1. The Morgan fingerprint density at radius 2 is 1.92 bits per heavy atom. The molecule has 0 aliphatic carbocycles. The number of hydrogen-bond donors (Lipinski definition) is 1. The van der Waals surface area contributed by atoms with Crippen LogP contribution in [0.3, 0.4) is 0 Å². The van der Waals surface area contributed by atoms with Crippen LogP contribution in [-0.2, 0) is 9.53 Å². The van der Waals surface area contributed by atoms with Crippen LogP contribution in [-0.4, -0.2) is 90.8 Å². The van der Waals surface area contributed by atoms with Crippen LogP contribution in [0.25, 0.3) is 0 Å². The Morgan fingerprint density at radius 3 is 2.60 bits per heavy atom. The highest BCUT2D eigenvalue weighted by atomic mass is 16.5. The standard InChI is InChI=1S/C19H29N3O3/c1-16-13-20(15-19(24)21-9-11-25-12-10-21)7-8-22(16)14-18(23)17-5-3-2-4-6-17/h2-6,16,18,23H,7-15H2,1H3/t16-,18-/m1/s1. The maximum absolute atomic E-state index is 12.4. The Hall–Kier alpha value is -1.47. The summed E-state index contributed by atoms with van der Waals surface area (Å²) in [5.41, 5.74) is 0.958. The predicted octanol–water partition coefficient (Wildman–Crippen LogP) is 0.585.